The lowest BCUT2D eigenvalue weighted by atomic mass is 9.91. The Morgan fingerprint density at radius 2 is 1.71 bits per heavy atom. The van der Waals surface area contributed by atoms with Gasteiger partial charge in [0, 0.05) is 16.1 Å². The normalized spacial score (nSPS) is 24.4. The van der Waals surface area contributed by atoms with Crippen molar-refractivity contribution >= 4 is 23.2 Å². The van der Waals surface area contributed by atoms with E-state index in [1.165, 1.54) is 17.8 Å². The molecule has 17 heteroatoms. The van der Waals surface area contributed by atoms with Crippen molar-refractivity contribution in [3.05, 3.63) is 111 Å². The number of fused-ring (bicyclic) bond motifs is 1. The van der Waals surface area contributed by atoms with E-state index in [1.54, 1.807) is 24.3 Å². The van der Waals surface area contributed by atoms with E-state index < -0.39 is 70.8 Å². The molecule has 0 saturated carbocycles. The molecule has 1 N–H and O–H groups in total. The zero-order valence-corrected chi connectivity index (χ0v) is 26.0. The molecule has 7 rings (SSSR count). The highest BCUT2D eigenvalue weighted by atomic mass is 35.5. The van der Waals surface area contributed by atoms with Gasteiger partial charge in [0.05, 0.1) is 24.1 Å². The van der Waals surface area contributed by atoms with E-state index in [2.05, 4.69) is 20.4 Å². The summed E-state index contributed by atoms with van der Waals surface area (Å²) in [6.45, 7) is 1.41. The van der Waals surface area contributed by atoms with E-state index in [1.807, 2.05) is 6.07 Å². The summed E-state index contributed by atoms with van der Waals surface area (Å²) in [4.78, 5) is 4.36. The molecule has 2 fully saturated rings. The minimum Gasteiger partial charge on any atom is -0.388 e. The molecule has 0 bridgehead atoms. The first-order valence-corrected chi connectivity index (χ1v) is 15.2. The van der Waals surface area contributed by atoms with Crippen LogP contribution in [0.5, 0.6) is 0 Å². The molecule has 48 heavy (non-hydrogen) atoms. The summed E-state index contributed by atoms with van der Waals surface area (Å²) in [5.74, 6) is -2.11. The van der Waals surface area contributed by atoms with Crippen LogP contribution in [-0.4, -0.2) is 59.8 Å². The number of rotatable bonds is 5. The van der Waals surface area contributed by atoms with Gasteiger partial charge in [0.1, 0.15) is 58.6 Å². The fraction of sp³-hybridized carbons (Fsp3) is 0.290. The fourth-order valence-corrected chi connectivity index (χ4v) is 6.16. The van der Waals surface area contributed by atoms with Crippen LogP contribution in [0.15, 0.2) is 66.9 Å². The predicted octanol–water partition coefficient (Wildman–Crippen LogP) is 6.59. The van der Waals surface area contributed by atoms with Gasteiger partial charge in [-0.2, -0.15) is 18.3 Å². The number of hydrogen-bond acceptors (Lipinski definition) is 8. The van der Waals surface area contributed by atoms with Crippen molar-refractivity contribution in [2.45, 2.75) is 49.8 Å². The Kier molecular flexibility index (Phi) is 8.46. The summed E-state index contributed by atoms with van der Waals surface area (Å²) in [5, 5.41) is 23.7. The van der Waals surface area contributed by atoms with Gasteiger partial charge in [0.25, 0.3) is 0 Å². The van der Waals surface area contributed by atoms with Gasteiger partial charge in [0.2, 0.25) is 0 Å². The molecule has 5 aromatic rings. The Hall–Kier alpha value is -3.99. The predicted molar refractivity (Wildman–Crippen MR) is 159 cm³/mol. The molecular formula is C31H23Cl2F5N6O4. The van der Waals surface area contributed by atoms with Gasteiger partial charge in [-0.3, -0.25) is 0 Å². The number of aromatic nitrogens is 6. The first-order chi connectivity index (χ1) is 22.9. The zero-order chi connectivity index (χ0) is 33.9. The molecule has 0 aliphatic carbocycles. The minimum absolute atomic E-state index is 0.00593. The van der Waals surface area contributed by atoms with Gasteiger partial charge < -0.3 is 19.3 Å². The molecule has 0 spiro atoms. The number of nitrogens with zero attached hydrogens (tertiary/aromatic N) is 6. The van der Waals surface area contributed by atoms with Gasteiger partial charge in [-0.05, 0) is 37.3 Å². The quantitative estimate of drug-likeness (QED) is 0.161. The van der Waals surface area contributed by atoms with Gasteiger partial charge in [-0.15, -0.1) is 5.10 Å². The first kappa shape index (κ1) is 32.6. The van der Waals surface area contributed by atoms with Crippen LogP contribution in [0.25, 0.3) is 16.9 Å². The maximum atomic E-state index is 14.3. The first-order valence-electron chi connectivity index (χ1n) is 14.4. The summed E-state index contributed by atoms with van der Waals surface area (Å²) in [6, 6.07) is 12.8. The van der Waals surface area contributed by atoms with Crippen molar-refractivity contribution in [2.75, 3.05) is 6.61 Å². The highest BCUT2D eigenvalue weighted by molar-refractivity contribution is 6.31. The maximum absolute atomic E-state index is 14.3. The molecule has 4 heterocycles. The molecular weight excluding hydrogens is 686 g/mol. The molecule has 250 valence electrons. The van der Waals surface area contributed by atoms with Gasteiger partial charge in [-0.1, -0.05) is 58.7 Å². The Labute approximate surface area is 278 Å². The molecule has 2 saturated heterocycles. The van der Waals surface area contributed by atoms with Crippen LogP contribution in [0, 0.1) is 18.6 Å². The lowest BCUT2D eigenvalue weighted by Gasteiger charge is -2.47. The summed E-state index contributed by atoms with van der Waals surface area (Å²) in [6.07, 6.45) is -9.18. The Bertz CT molecular complexity index is 1950. The third-order valence-electron chi connectivity index (χ3n) is 8.03. The number of hydrogen-bond donors (Lipinski definition) is 1. The molecule has 3 aromatic carbocycles. The Morgan fingerprint density at radius 1 is 0.979 bits per heavy atom. The largest absolute Gasteiger partial charge is 0.418 e. The fourth-order valence-electron chi connectivity index (χ4n) is 5.88. The maximum Gasteiger partial charge on any atom is 0.418 e. The van der Waals surface area contributed by atoms with Crippen LogP contribution in [0.4, 0.5) is 22.0 Å². The van der Waals surface area contributed by atoms with E-state index in [0.29, 0.717) is 5.56 Å². The molecule has 6 atom stereocenters. The van der Waals surface area contributed by atoms with Crippen molar-refractivity contribution in [3.8, 4) is 16.9 Å². The second-order valence-electron chi connectivity index (χ2n) is 11.2. The van der Waals surface area contributed by atoms with Crippen molar-refractivity contribution < 1.29 is 41.3 Å². The van der Waals surface area contributed by atoms with Gasteiger partial charge >= 0.3 is 6.18 Å². The third-order valence-corrected chi connectivity index (χ3v) is 8.63. The average molecular weight is 709 g/mol. The highest BCUT2D eigenvalue weighted by Gasteiger charge is 2.53. The molecule has 0 radical (unpaired) electrons. The SMILES string of the molecule is Cc1nc(C2OC3COC(c4ccccc4)O[C@@H]3[C@H](n3cc(-c4cc(F)c(Cl)c(F)c4)nn3)[C@H]2O)n(-c2cc(Cl)ccc2C(F)(F)F)n1. The summed E-state index contributed by atoms with van der Waals surface area (Å²) in [7, 11) is 0. The van der Waals surface area contributed by atoms with E-state index in [4.69, 9.17) is 37.4 Å². The standard InChI is InChI=1S/C31H23Cl2F5N6O4/c1-14-39-29(44(41-14)22-11-17(32)7-8-18(22)31(36,37)38)28-26(45)25(27-23(47-28)13-46-30(48-27)15-5-3-2-4-6-15)43-12-21(40-42-43)16-9-19(34)24(33)20(35)10-16/h2-12,23,25-28,30,45H,13H2,1H3/t23?,25-,26-,27+,28?,30?/m1/s1. The molecule has 0 amide bonds. The number of aliphatic hydroxyl groups is 1. The van der Waals surface area contributed by atoms with Crippen LogP contribution in [0.2, 0.25) is 10.0 Å². The van der Waals surface area contributed by atoms with Crippen LogP contribution in [0.3, 0.4) is 0 Å². The topological polar surface area (TPSA) is 109 Å². The molecule has 2 aliphatic heterocycles. The number of ether oxygens (including phenoxy) is 3. The average Bonchev–Trinajstić information content (AvgIpc) is 3.70. The van der Waals surface area contributed by atoms with E-state index in [9.17, 15) is 27.1 Å². The second kappa shape index (κ2) is 12.5. The van der Waals surface area contributed by atoms with Crippen LogP contribution in [-0.2, 0) is 20.4 Å². The Morgan fingerprint density at radius 3 is 2.42 bits per heavy atom. The van der Waals surface area contributed by atoms with E-state index in [-0.39, 0.29) is 34.5 Å². The summed E-state index contributed by atoms with van der Waals surface area (Å²) >= 11 is 11.8. The smallest absolute Gasteiger partial charge is 0.388 e. The Balaban J connectivity index is 1.32. The third kappa shape index (κ3) is 5.95. The molecule has 3 unspecified atom stereocenters. The summed E-state index contributed by atoms with van der Waals surface area (Å²) < 4.78 is 91.8. The number of aliphatic hydroxyl groups excluding tert-OH is 1. The van der Waals surface area contributed by atoms with E-state index in [0.717, 1.165) is 35.0 Å². The number of halogens is 7. The van der Waals surface area contributed by atoms with Crippen molar-refractivity contribution in [3.63, 3.8) is 0 Å². The van der Waals surface area contributed by atoms with Crippen LogP contribution >= 0.6 is 23.2 Å². The zero-order valence-electron chi connectivity index (χ0n) is 24.5. The van der Waals surface area contributed by atoms with Crippen molar-refractivity contribution in [2.24, 2.45) is 0 Å². The molecule has 2 aromatic heterocycles. The van der Waals surface area contributed by atoms with Gasteiger partial charge in [0.15, 0.2) is 12.1 Å². The lowest BCUT2D eigenvalue weighted by Crippen LogP contribution is -2.57. The monoisotopic (exact) mass is 708 g/mol. The minimum atomic E-state index is -4.79. The van der Waals surface area contributed by atoms with Crippen LogP contribution in [0.1, 0.15) is 41.2 Å². The molecule has 2 aliphatic rings. The second-order valence-corrected chi connectivity index (χ2v) is 12.0. The highest BCUT2D eigenvalue weighted by Crippen LogP contribution is 2.45. The van der Waals surface area contributed by atoms with Crippen molar-refractivity contribution in [1.29, 1.82) is 0 Å². The summed E-state index contributed by atoms with van der Waals surface area (Å²) in [5.41, 5.74) is -0.753. The van der Waals surface area contributed by atoms with E-state index >= 15 is 0 Å². The lowest BCUT2D eigenvalue weighted by molar-refractivity contribution is -0.319. The number of benzene rings is 3. The van der Waals surface area contributed by atoms with Gasteiger partial charge in [-0.25, -0.2) is 23.1 Å². The molecule has 10 nitrogen and oxygen atoms in total. The number of alkyl halides is 3. The van der Waals surface area contributed by atoms with Crippen molar-refractivity contribution in [1.82, 2.24) is 29.8 Å². The van der Waals surface area contributed by atoms with Crippen LogP contribution < -0.4 is 0 Å². The number of aryl methyl sites for hydroxylation is 1.